The first-order valence-corrected chi connectivity index (χ1v) is 12.0. The molecule has 0 aliphatic rings. The Morgan fingerprint density at radius 1 is 0.697 bits per heavy atom. The van der Waals surface area contributed by atoms with Gasteiger partial charge in [-0.2, -0.15) is 0 Å². The first kappa shape index (κ1) is 26.8. The molecule has 0 aromatic heterocycles. The van der Waals surface area contributed by atoms with Gasteiger partial charge in [0.15, 0.2) is 23.0 Å². The Labute approximate surface area is 199 Å². The van der Waals surface area contributed by atoms with Crippen LogP contribution in [0.4, 0.5) is 0 Å². The van der Waals surface area contributed by atoms with Gasteiger partial charge in [-0.05, 0) is 60.1 Å². The Balaban J connectivity index is 2.48. The maximum Gasteiger partial charge on any atom is 0.160 e. The Morgan fingerprint density at radius 3 is 1.33 bits per heavy atom. The lowest BCUT2D eigenvalue weighted by atomic mass is 9.77. The second-order valence-corrected chi connectivity index (χ2v) is 9.61. The van der Waals surface area contributed by atoms with Gasteiger partial charge < -0.3 is 24.4 Å². The average molecular weight is 459 g/mol. The normalized spacial score (nSPS) is 15.3. The van der Waals surface area contributed by atoms with E-state index in [0.717, 1.165) is 24.0 Å². The van der Waals surface area contributed by atoms with Crippen LogP contribution in [0.3, 0.4) is 0 Å². The summed E-state index contributed by atoms with van der Waals surface area (Å²) in [5, 5.41) is 20.1. The summed E-state index contributed by atoms with van der Waals surface area (Å²) in [6.45, 7) is 13.2. The summed E-state index contributed by atoms with van der Waals surface area (Å²) >= 11 is 0. The Morgan fingerprint density at radius 2 is 1.06 bits per heavy atom. The molecule has 0 spiro atoms. The van der Waals surface area contributed by atoms with Crippen molar-refractivity contribution < 1.29 is 24.4 Å². The maximum atomic E-state index is 10.0. The predicted molar refractivity (Wildman–Crippen MR) is 134 cm³/mol. The summed E-state index contributed by atoms with van der Waals surface area (Å²) in [5.74, 6) is 1.76. The number of benzene rings is 2. The molecule has 0 radical (unpaired) electrons. The fourth-order valence-electron chi connectivity index (χ4n) is 4.69. The van der Waals surface area contributed by atoms with Gasteiger partial charge in [0.25, 0.3) is 0 Å². The van der Waals surface area contributed by atoms with Gasteiger partial charge in [0, 0.05) is 12.8 Å². The molecule has 2 atom stereocenters. The van der Waals surface area contributed by atoms with E-state index in [1.807, 2.05) is 24.3 Å². The van der Waals surface area contributed by atoms with E-state index in [1.54, 1.807) is 26.4 Å². The van der Waals surface area contributed by atoms with Gasteiger partial charge in [0.2, 0.25) is 0 Å². The zero-order valence-electron chi connectivity index (χ0n) is 21.6. The summed E-state index contributed by atoms with van der Waals surface area (Å²) in [6.07, 6.45) is 3.12. The summed E-state index contributed by atoms with van der Waals surface area (Å²) < 4.78 is 17.9. The minimum absolute atomic E-state index is 0.139. The molecular weight excluding hydrogens is 416 g/mol. The molecule has 33 heavy (non-hydrogen) atoms. The predicted octanol–water partition coefficient (Wildman–Crippen LogP) is 6.53. The first-order chi connectivity index (χ1) is 15.6. The van der Waals surface area contributed by atoms with Crippen molar-refractivity contribution in [2.45, 2.75) is 78.4 Å². The molecule has 0 heterocycles. The van der Waals surface area contributed by atoms with Crippen LogP contribution in [-0.4, -0.2) is 35.6 Å². The molecule has 184 valence electrons. The Bertz CT molecular complexity index is 834. The third-order valence-corrected chi connectivity index (χ3v) is 7.20. The first-order valence-electron chi connectivity index (χ1n) is 12.0. The smallest absolute Gasteiger partial charge is 0.160 e. The third kappa shape index (κ3) is 5.94. The fourth-order valence-corrected chi connectivity index (χ4v) is 4.69. The second kappa shape index (κ2) is 11.1. The minimum atomic E-state index is -0.400. The molecule has 2 aromatic carbocycles. The average Bonchev–Trinajstić information content (AvgIpc) is 2.79. The largest absolute Gasteiger partial charge is 0.504 e. The summed E-state index contributed by atoms with van der Waals surface area (Å²) in [5.41, 5.74) is 1.34. The van der Waals surface area contributed by atoms with E-state index < -0.39 is 11.2 Å². The number of aromatic hydroxyl groups is 2. The van der Waals surface area contributed by atoms with Crippen molar-refractivity contribution in [3.63, 3.8) is 0 Å². The highest BCUT2D eigenvalue weighted by Gasteiger charge is 2.44. The van der Waals surface area contributed by atoms with Crippen molar-refractivity contribution in [3.05, 3.63) is 47.5 Å². The SMILES string of the molecule is CCC(Cc1ccc(O)c(OC)c1)(OC(CC)(Cc1ccc(O)c(OC)c1)C(C)C)C(C)C. The molecule has 5 nitrogen and oxygen atoms in total. The monoisotopic (exact) mass is 458 g/mol. The standard InChI is InChI=1S/C28H42O5/c1-9-27(19(3)4,17-21-11-13-23(29)25(15-21)31-7)33-28(10-2,20(5)6)18-22-12-14-24(30)26(16-22)32-8/h11-16,19-20,29-30H,9-10,17-18H2,1-8H3. The van der Waals surface area contributed by atoms with E-state index in [1.165, 1.54) is 0 Å². The lowest BCUT2D eigenvalue weighted by Gasteiger charge is -2.48. The highest BCUT2D eigenvalue weighted by atomic mass is 16.5. The molecule has 5 heteroatoms. The molecule has 2 aromatic rings. The van der Waals surface area contributed by atoms with Crippen LogP contribution in [0.25, 0.3) is 0 Å². The van der Waals surface area contributed by atoms with E-state index in [4.69, 9.17) is 14.2 Å². The van der Waals surface area contributed by atoms with Crippen molar-refractivity contribution in [2.75, 3.05) is 14.2 Å². The summed E-state index contributed by atoms with van der Waals surface area (Å²) in [6, 6.07) is 11.1. The number of hydrogen-bond donors (Lipinski definition) is 2. The summed E-state index contributed by atoms with van der Waals surface area (Å²) in [7, 11) is 3.13. The van der Waals surface area contributed by atoms with Crippen molar-refractivity contribution in [3.8, 4) is 23.0 Å². The fraction of sp³-hybridized carbons (Fsp3) is 0.571. The maximum absolute atomic E-state index is 10.0. The van der Waals surface area contributed by atoms with Crippen molar-refractivity contribution >= 4 is 0 Å². The molecule has 0 aliphatic carbocycles. The zero-order valence-corrected chi connectivity index (χ0v) is 21.6. The van der Waals surface area contributed by atoms with Gasteiger partial charge in [-0.1, -0.05) is 53.7 Å². The zero-order chi connectivity index (χ0) is 24.8. The van der Waals surface area contributed by atoms with Crippen LogP contribution in [-0.2, 0) is 17.6 Å². The van der Waals surface area contributed by atoms with Gasteiger partial charge in [0.05, 0.1) is 25.4 Å². The molecule has 2 rings (SSSR count). The topological polar surface area (TPSA) is 68.2 Å². The molecular formula is C28H42O5. The van der Waals surface area contributed by atoms with E-state index in [0.29, 0.717) is 24.3 Å². The number of methoxy groups -OCH3 is 2. The molecule has 2 unspecified atom stereocenters. The van der Waals surface area contributed by atoms with E-state index in [-0.39, 0.29) is 23.3 Å². The number of phenolic OH excluding ortho intramolecular Hbond substituents is 2. The van der Waals surface area contributed by atoms with E-state index in [9.17, 15) is 10.2 Å². The van der Waals surface area contributed by atoms with Crippen LogP contribution in [0.15, 0.2) is 36.4 Å². The van der Waals surface area contributed by atoms with Crippen LogP contribution in [0.1, 0.15) is 65.5 Å². The van der Waals surface area contributed by atoms with Crippen LogP contribution < -0.4 is 9.47 Å². The van der Waals surface area contributed by atoms with Crippen molar-refractivity contribution in [1.29, 1.82) is 0 Å². The van der Waals surface area contributed by atoms with Crippen molar-refractivity contribution in [1.82, 2.24) is 0 Å². The molecule has 0 aliphatic heterocycles. The highest BCUT2D eigenvalue weighted by molar-refractivity contribution is 5.43. The highest BCUT2D eigenvalue weighted by Crippen LogP contribution is 2.42. The lowest BCUT2D eigenvalue weighted by Crippen LogP contribution is -2.52. The molecule has 0 fully saturated rings. The summed E-state index contributed by atoms with van der Waals surface area (Å²) in [4.78, 5) is 0. The molecule has 0 saturated heterocycles. The van der Waals surface area contributed by atoms with Crippen molar-refractivity contribution in [2.24, 2.45) is 11.8 Å². The molecule has 2 N–H and O–H groups in total. The van der Waals surface area contributed by atoms with E-state index in [2.05, 4.69) is 41.5 Å². The van der Waals surface area contributed by atoms with Gasteiger partial charge >= 0.3 is 0 Å². The van der Waals surface area contributed by atoms with Crippen LogP contribution in [0.5, 0.6) is 23.0 Å². The number of rotatable bonds is 12. The van der Waals surface area contributed by atoms with Gasteiger partial charge in [-0.3, -0.25) is 0 Å². The lowest BCUT2D eigenvalue weighted by molar-refractivity contribution is -0.199. The van der Waals surface area contributed by atoms with Crippen LogP contribution >= 0.6 is 0 Å². The quantitative estimate of drug-likeness (QED) is 0.379. The van der Waals surface area contributed by atoms with E-state index >= 15 is 0 Å². The number of hydrogen-bond acceptors (Lipinski definition) is 5. The molecule has 0 saturated carbocycles. The Hall–Kier alpha value is -2.40. The molecule has 0 bridgehead atoms. The minimum Gasteiger partial charge on any atom is -0.504 e. The molecule has 0 amide bonds. The van der Waals surface area contributed by atoms with Crippen LogP contribution in [0.2, 0.25) is 0 Å². The second-order valence-electron chi connectivity index (χ2n) is 9.61. The van der Waals surface area contributed by atoms with Gasteiger partial charge in [0.1, 0.15) is 0 Å². The van der Waals surface area contributed by atoms with Gasteiger partial charge in [-0.25, -0.2) is 0 Å². The third-order valence-electron chi connectivity index (χ3n) is 7.20. The Kier molecular flexibility index (Phi) is 9.07. The number of ether oxygens (including phenoxy) is 3. The van der Waals surface area contributed by atoms with Crippen LogP contribution in [0, 0.1) is 11.8 Å². The van der Waals surface area contributed by atoms with Gasteiger partial charge in [-0.15, -0.1) is 0 Å². The number of phenols is 2.